The largest absolute Gasteiger partial charge is 0.496 e. The van der Waals surface area contributed by atoms with Gasteiger partial charge in [0.15, 0.2) is 0 Å². The van der Waals surface area contributed by atoms with Gasteiger partial charge in [-0.3, -0.25) is 9.59 Å². The third kappa shape index (κ3) is 5.43. The zero-order valence-corrected chi connectivity index (χ0v) is 16.7. The number of para-hydroxylation sites is 1. The van der Waals surface area contributed by atoms with Crippen LogP contribution in [0.25, 0.3) is 0 Å². The molecule has 1 heterocycles. The number of aliphatic hydroxyl groups excluding tert-OH is 1. The zero-order valence-electron chi connectivity index (χ0n) is 15.9. The molecular weight excluding hydrogens is 388 g/mol. The van der Waals surface area contributed by atoms with E-state index in [4.69, 9.17) is 4.74 Å². The van der Waals surface area contributed by atoms with Gasteiger partial charge >= 0.3 is 11.8 Å². The first-order valence-electron chi connectivity index (χ1n) is 9.08. The smallest absolute Gasteiger partial charge is 0.309 e. The first-order valence-corrected chi connectivity index (χ1v) is 9.89. The molecule has 6 nitrogen and oxygen atoms in total. The standard InChI is InChI=1S/C22H22N2O4S/c1-28-18-10-6-5-9-16(18)13-23-21(26)22(27)24-14-17-11-12-19(29-17)20(25)15-7-3-2-4-8-15/h2-12,20,25H,13-14H2,1H3,(H,23,26)(H,24,27)/t20-/m0/s1. The van der Waals surface area contributed by atoms with Crippen LogP contribution in [0.2, 0.25) is 0 Å². The number of nitrogens with one attached hydrogen (secondary N) is 2. The SMILES string of the molecule is COc1ccccc1CNC(=O)C(=O)NCc1ccc([C@@H](O)c2ccccc2)s1. The Morgan fingerprint density at radius 3 is 2.31 bits per heavy atom. The quantitative estimate of drug-likeness (QED) is 0.523. The Labute approximate surface area is 173 Å². The number of carbonyl (C=O) groups excluding carboxylic acids is 2. The van der Waals surface area contributed by atoms with Crippen molar-refractivity contribution in [1.82, 2.24) is 10.6 Å². The summed E-state index contributed by atoms with van der Waals surface area (Å²) in [5.41, 5.74) is 1.59. The predicted molar refractivity (Wildman–Crippen MR) is 112 cm³/mol. The monoisotopic (exact) mass is 410 g/mol. The molecule has 0 saturated carbocycles. The molecule has 0 aliphatic heterocycles. The number of thiophene rings is 1. The Hall–Kier alpha value is -3.16. The fourth-order valence-corrected chi connectivity index (χ4v) is 3.76. The van der Waals surface area contributed by atoms with E-state index < -0.39 is 17.9 Å². The van der Waals surface area contributed by atoms with Crippen LogP contribution in [0.4, 0.5) is 0 Å². The number of rotatable bonds is 7. The van der Waals surface area contributed by atoms with Crippen molar-refractivity contribution in [1.29, 1.82) is 0 Å². The Morgan fingerprint density at radius 2 is 1.59 bits per heavy atom. The maximum Gasteiger partial charge on any atom is 0.309 e. The van der Waals surface area contributed by atoms with Gasteiger partial charge in [-0.25, -0.2) is 0 Å². The third-order valence-corrected chi connectivity index (χ3v) is 5.47. The molecule has 3 N–H and O–H groups in total. The summed E-state index contributed by atoms with van der Waals surface area (Å²) in [5, 5.41) is 15.6. The fourth-order valence-electron chi connectivity index (χ4n) is 2.79. The van der Waals surface area contributed by atoms with Crippen molar-refractivity contribution in [3.05, 3.63) is 87.6 Å². The lowest BCUT2D eigenvalue weighted by atomic mass is 10.1. The molecule has 1 atom stereocenters. The van der Waals surface area contributed by atoms with Gasteiger partial charge in [0.2, 0.25) is 0 Å². The van der Waals surface area contributed by atoms with Crippen molar-refractivity contribution in [3.8, 4) is 5.75 Å². The summed E-state index contributed by atoms with van der Waals surface area (Å²) in [4.78, 5) is 25.7. The van der Waals surface area contributed by atoms with Crippen LogP contribution < -0.4 is 15.4 Å². The molecule has 0 spiro atoms. The molecule has 0 unspecified atom stereocenters. The first kappa shape index (κ1) is 20.6. The molecule has 1 aromatic heterocycles. The maximum atomic E-state index is 12.1. The van der Waals surface area contributed by atoms with Crippen LogP contribution in [0.5, 0.6) is 5.75 Å². The highest BCUT2D eigenvalue weighted by Crippen LogP contribution is 2.28. The average molecular weight is 410 g/mol. The van der Waals surface area contributed by atoms with Crippen LogP contribution in [0.3, 0.4) is 0 Å². The number of amides is 2. The van der Waals surface area contributed by atoms with Gasteiger partial charge in [-0.05, 0) is 23.8 Å². The second kappa shape index (κ2) is 9.86. The van der Waals surface area contributed by atoms with Crippen LogP contribution >= 0.6 is 11.3 Å². The number of methoxy groups -OCH3 is 1. The van der Waals surface area contributed by atoms with Crippen molar-refractivity contribution in [2.75, 3.05) is 7.11 Å². The van der Waals surface area contributed by atoms with E-state index >= 15 is 0 Å². The van der Waals surface area contributed by atoms with E-state index in [1.807, 2.05) is 60.7 Å². The number of hydrogen-bond acceptors (Lipinski definition) is 5. The summed E-state index contributed by atoms with van der Waals surface area (Å²) in [6.07, 6.45) is -0.713. The molecule has 7 heteroatoms. The van der Waals surface area contributed by atoms with E-state index in [-0.39, 0.29) is 13.1 Å². The normalized spacial score (nSPS) is 11.5. The highest BCUT2D eigenvalue weighted by atomic mass is 32.1. The van der Waals surface area contributed by atoms with Crippen LogP contribution in [-0.2, 0) is 22.7 Å². The second-order valence-corrected chi connectivity index (χ2v) is 7.49. The van der Waals surface area contributed by atoms with E-state index in [0.29, 0.717) is 5.75 Å². The Kier molecular flexibility index (Phi) is 6.99. The number of carbonyl (C=O) groups is 2. The molecule has 2 aromatic carbocycles. The van der Waals surface area contributed by atoms with Gasteiger partial charge in [-0.15, -0.1) is 11.3 Å². The van der Waals surface area contributed by atoms with Crippen molar-refractivity contribution >= 4 is 23.2 Å². The Balaban J connectivity index is 1.50. The number of ether oxygens (including phenoxy) is 1. The highest BCUT2D eigenvalue weighted by Gasteiger charge is 2.16. The molecule has 0 bridgehead atoms. The minimum atomic E-state index is -0.713. The van der Waals surface area contributed by atoms with E-state index in [9.17, 15) is 14.7 Å². The van der Waals surface area contributed by atoms with Gasteiger partial charge in [0, 0.05) is 21.9 Å². The van der Waals surface area contributed by atoms with Gasteiger partial charge in [0.1, 0.15) is 11.9 Å². The van der Waals surface area contributed by atoms with Gasteiger partial charge in [0.25, 0.3) is 0 Å². The molecule has 29 heavy (non-hydrogen) atoms. The first-order chi connectivity index (χ1) is 14.1. The van der Waals surface area contributed by atoms with Crippen LogP contribution in [0, 0.1) is 0 Å². The van der Waals surface area contributed by atoms with E-state index in [1.165, 1.54) is 11.3 Å². The number of aliphatic hydroxyl groups is 1. The summed E-state index contributed by atoms with van der Waals surface area (Å²) in [6.45, 7) is 0.412. The van der Waals surface area contributed by atoms with Crippen molar-refractivity contribution < 1.29 is 19.4 Å². The third-order valence-electron chi connectivity index (χ3n) is 4.33. The lowest BCUT2D eigenvalue weighted by molar-refractivity contribution is -0.139. The van der Waals surface area contributed by atoms with E-state index in [0.717, 1.165) is 20.9 Å². The zero-order chi connectivity index (χ0) is 20.6. The molecule has 2 amide bonds. The minimum Gasteiger partial charge on any atom is -0.496 e. The molecule has 0 saturated heterocycles. The summed E-state index contributed by atoms with van der Waals surface area (Å²) < 4.78 is 5.23. The lowest BCUT2D eigenvalue weighted by Crippen LogP contribution is -2.39. The molecule has 0 aliphatic rings. The van der Waals surface area contributed by atoms with Crippen LogP contribution in [0.15, 0.2) is 66.7 Å². The van der Waals surface area contributed by atoms with Crippen molar-refractivity contribution in [2.24, 2.45) is 0 Å². The second-order valence-electron chi connectivity index (χ2n) is 6.29. The Bertz CT molecular complexity index is 972. The van der Waals surface area contributed by atoms with Crippen molar-refractivity contribution in [3.63, 3.8) is 0 Å². The summed E-state index contributed by atoms with van der Waals surface area (Å²) in [6, 6.07) is 20.3. The molecule has 0 aliphatic carbocycles. The van der Waals surface area contributed by atoms with Crippen LogP contribution in [0.1, 0.15) is 27.0 Å². The number of benzene rings is 2. The summed E-state index contributed by atoms with van der Waals surface area (Å²) in [5.74, 6) is -0.772. The molecule has 150 valence electrons. The molecule has 0 fully saturated rings. The predicted octanol–water partition coefficient (Wildman–Crippen LogP) is 2.77. The lowest BCUT2D eigenvalue weighted by Gasteiger charge is -2.09. The fraction of sp³-hybridized carbons (Fsp3) is 0.182. The Morgan fingerprint density at radius 1 is 0.931 bits per heavy atom. The topological polar surface area (TPSA) is 87.7 Å². The minimum absolute atomic E-state index is 0.197. The summed E-state index contributed by atoms with van der Waals surface area (Å²) in [7, 11) is 1.55. The number of hydrogen-bond donors (Lipinski definition) is 3. The molecule has 3 rings (SSSR count). The highest BCUT2D eigenvalue weighted by molar-refractivity contribution is 7.12. The molecule has 0 radical (unpaired) electrons. The van der Waals surface area contributed by atoms with Gasteiger partial charge in [-0.1, -0.05) is 48.5 Å². The van der Waals surface area contributed by atoms with Crippen molar-refractivity contribution in [2.45, 2.75) is 19.2 Å². The van der Waals surface area contributed by atoms with E-state index in [2.05, 4.69) is 10.6 Å². The van der Waals surface area contributed by atoms with Gasteiger partial charge in [-0.2, -0.15) is 0 Å². The van der Waals surface area contributed by atoms with Crippen LogP contribution in [-0.4, -0.2) is 24.0 Å². The molecule has 3 aromatic rings. The summed E-state index contributed by atoms with van der Waals surface area (Å²) >= 11 is 1.39. The van der Waals surface area contributed by atoms with Gasteiger partial charge in [0.05, 0.1) is 13.7 Å². The molecular formula is C22H22N2O4S. The van der Waals surface area contributed by atoms with E-state index in [1.54, 1.807) is 13.2 Å². The van der Waals surface area contributed by atoms with Gasteiger partial charge < -0.3 is 20.5 Å². The maximum absolute atomic E-state index is 12.1. The average Bonchev–Trinajstić information content (AvgIpc) is 3.25.